The highest BCUT2D eigenvalue weighted by molar-refractivity contribution is 5.93. The maximum Gasteiger partial charge on any atom is 0.338 e. The van der Waals surface area contributed by atoms with E-state index in [1.807, 2.05) is 30.3 Å². The highest BCUT2D eigenvalue weighted by Gasteiger charge is 2.12. The number of hydrogen-bond donors (Lipinski definition) is 2. The number of carbonyl (C=O) groups excluding carboxylic acids is 2. The van der Waals surface area contributed by atoms with Gasteiger partial charge in [0.05, 0.1) is 18.7 Å². The van der Waals surface area contributed by atoms with Gasteiger partial charge in [0.1, 0.15) is 12.2 Å². The van der Waals surface area contributed by atoms with Crippen molar-refractivity contribution in [2.75, 3.05) is 11.9 Å². The number of hydrogen-bond acceptors (Lipinski definition) is 6. The third-order valence-corrected chi connectivity index (χ3v) is 4.99. The quantitative estimate of drug-likeness (QED) is 0.403. The molecule has 0 aliphatic carbocycles. The predicted molar refractivity (Wildman–Crippen MR) is 123 cm³/mol. The average Bonchev–Trinajstić information content (AvgIpc) is 3.25. The van der Waals surface area contributed by atoms with Gasteiger partial charge < -0.3 is 15.0 Å². The summed E-state index contributed by atoms with van der Waals surface area (Å²) < 4.78 is 6.46. The van der Waals surface area contributed by atoms with E-state index in [-0.39, 0.29) is 17.9 Å². The fraction of sp³-hybridized carbons (Fsp3) is 0.208. The van der Waals surface area contributed by atoms with E-state index in [2.05, 4.69) is 20.3 Å². The van der Waals surface area contributed by atoms with Gasteiger partial charge in [0.15, 0.2) is 11.2 Å². The standard InChI is InChI=1S/C24H23N5O4/c1-2-33-24(32)17-8-10-18(11-9-17)26-20(30)13-12-19-27-21-22(28-19)25-15-29(23(21)31)14-16-6-4-3-5-7-16/h3-11,15H,2,12-14H2,1H3,(H,26,30)(H,27,28). The second-order valence-electron chi connectivity index (χ2n) is 7.39. The summed E-state index contributed by atoms with van der Waals surface area (Å²) in [5.41, 5.74) is 2.42. The molecule has 0 aliphatic heterocycles. The number of nitrogens with one attached hydrogen (secondary N) is 2. The smallest absolute Gasteiger partial charge is 0.338 e. The van der Waals surface area contributed by atoms with Gasteiger partial charge >= 0.3 is 5.97 Å². The number of rotatable bonds is 8. The van der Waals surface area contributed by atoms with E-state index in [0.29, 0.717) is 47.8 Å². The molecule has 2 heterocycles. The molecule has 9 heteroatoms. The van der Waals surface area contributed by atoms with Crippen molar-refractivity contribution in [1.82, 2.24) is 19.5 Å². The summed E-state index contributed by atoms with van der Waals surface area (Å²) in [7, 11) is 0. The van der Waals surface area contributed by atoms with E-state index in [1.165, 1.54) is 10.9 Å². The maximum atomic E-state index is 12.8. The molecular formula is C24H23N5O4. The summed E-state index contributed by atoms with van der Waals surface area (Å²) in [6.07, 6.45) is 1.97. The number of amides is 1. The first kappa shape index (κ1) is 21.9. The zero-order valence-electron chi connectivity index (χ0n) is 18.1. The van der Waals surface area contributed by atoms with Gasteiger partial charge in [-0.25, -0.2) is 14.8 Å². The van der Waals surface area contributed by atoms with Gasteiger partial charge in [0.25, 0.3) is 5.56 Å². The van der Waals surface area contributed by atoms with Crippen molar-refractivity contribution in [2.24, 2.45) is 0 Å². The molecule has 0 fully saturated rings. The number of anilines is 1. The normalized spacial score (nSPS) is 10.8. The Morgan fingerprint density at radius 1 is 1.09 bits per heavy atom. The number of imidazole rings is 1. The Kier molecular flexibility index (Phi) is 6.58. The Labute approximate surface area is 189 Å². The zero-order valence-corrected chi connectivity index (χ0v) is 18.1. The van der Waals surface area contributed by atoms with Gasteiger partial charge in [-0.15, -0.1) is 0 Å². The van der Waals surface area contributed by atoms with Crippen LogP contribution >= 0.6 is 0 Å². The molecule has 0 saturated carbocycles. The number of aromatic amines is 1. The van der Waals surface area contributed by atoms with Crippen molar-refractivity contribution in [2.45, 2.75) is 26.3 Å². The lowest BCUT2D eigenvalue weighted by Crippen LogP contribution is -2.21. The average molecular weight is 445 g/mol. The van der Waals surface area contributed by atoms with Gasteiger partial charge in [-0.3, -0.25) is 14.2 Å². The zero-order chi connectivity index (χ0) is 23.2. The van der Waals surface area contributed by atoms with Crippen LogP contribution in [0.3, 0.4) is 0 Å². The van der Waals surface area contributed by atoms with E-state index >= 15 is 0 Å². The van der Waals surface area contributed by atoms with Crippen LogP contribution in [0.4, 0.5) is 5.69 Å². The lowest BCUT2D eigenvalue weighted by atomic mass is 10.2. The van der Waals surface area contributed by atoms with Crippen LogP contribution < -0.4 is 10.9 Å². The van der Waals surface area contributed by atoms with Gasteiger partial charge in [-0.1, -0.05) is 30.3 Å². The summed E-state index contributed by atoms with van der Waals surface area (Å²) in [6, 6.07) is 16.1. The summed E-state index contributed by atoms with van der Waals surface area (Å²) in [6.45, 7) is 2.45. The second kappa shape index (κ2) is 9.90. The Bertz CT molecular complexity index is 1330. The monoisotopic (exact) mass is 445 g/mol. The van der Waals surface area contributed by atoms with Crippen LogP contribution in [0.25, 0.3) is 11.2 Å². The minimum Gasteiger partial charge on any atom is -0.462 e. The summed E-state index contributed by atoms with van der Waals surface area (Å²) in [5, 5.41) is 2.78. The van der Waals surface area contributed by atoms with Crippen molar-refractivity contribution in [3.05, 3.63) is 88.2 Å². The number of carbonyl (C=O) groups is 2. The van der Waals surface area contributed by atoms with Crippen LogP contribution in [0.15, 0.2) is 65.7 Å². The number of fused-ring (bicyclic) bond motifs is 1. The largest absolute Gasteiger partial charge is 0.462 e. The number of aromatic nitrogens is 4. The van der Waals surface area contributed by atoms with Crippen LogP contribution in [-0.4, -0.2) is 38.0 Å². The Balaban J connectivity index is 1.38. The molecule has 33 heavy (non-hydrogen) atoms. The summed E-state index contributed by atoms with van der Waals surface area (Å²) in [4.78, 5) is 48.4. The second-order valence-corrected chi connectivity index (χ2v) is 7.39. The fourth-order valence-corrected chi connectivity index (χ4v) is 3.35. The molecule has 1 amide bonds. The molecule has 0 aliphatic rings. The lowest BCUT2D eigenvalue weighted by molar-refractivity contribution is -0.116. The molecule has 0 unspecified atom stereocenters. The minimum atomic E-state index is -0.406. The van der Waals surface area contributed by atoms with Gasteiger partial charge in [0.2, 0.25) is 5.91 Å². The van der Waals surface area contributed by atoms with E-state index in [0.717, 1.165) is 5.56 Å². The molecule has 0 spiro atoms. The van der Waals surface area contributed by atoms with Crippen LogP contribution in [0.1, 0.15) is 35.1 Å². The van der Waals surface area contributed by atoms with E-state index in [9.17, 15) is 14.4 Å². The Morgan fingerprint density at radius 3 is 2.58 bits per heavy atom. The molecule has 0 atom stereocenters. The molecule has 9 nitrogen and oxygen atoms in total. The summed E-state index contributed by atoms with van der Waals surface area (Å²) >= 11 is 0. The first-order chi connectivity index (χ1) is 16.0. The Morgan fingerprint density at radius 2 is 1.85 bits per heavy atom. The van der Waals surface area contributed by atoms with E-state index < -0.39 is 5.97 Å². The van der Waals surface area contributed by atoms with Crippen molar-refractivity contribution in [1.29, 1.82) is 0 Å². The number of nitrogens with zero attached hydrogens (tertiary/aromatic N) is 3. The number of benzene rings is 2. The topological polar surface area (TPSA) is 119 Å². The number of ether oxygens (including phenoxy) is 1. The van der Waals surface area contributed by atoms with Crippen LogP contribution in [0, 0.1) is 0 Å². The molecule has 4 rings (SSSR count). The fourth-order valence-electron chi connectivity index (χ4n) is 3.35. The predicted octanol–water partition coefficient (Wildman–Crippen LogP) is 2.92. The first-order valence-corrected chi connectivity index (χ1v) is 10.6. The maximum absolute atomic E-state index is 12.8. The number of H-pyrrole nitrogens is 1. The third-order valence-electron chi connectivity index (χ3n) is 4.99. The van der Waals surface area contributed by atoms with Crippen molar-refractivity contribution >= 4 is 28.7 Å². The Hall–Kier alpha value is -4.27. The number of esters is 1. The minimum absolute atomic E-state index is 0.164. The molecule has 0 bridgehead atoms. The van der Waals surface area contributed by atoms with Crippen molar-refractivity contribution < 1.29 is 14.3 Å². The van der Waals surface area contributed by atoms with Crippen molar-refractivity contribution in [3.63, 3.8) is 0 Å². The molecule has 2 aromatic heterocycles. The molecule has 0 radical (unpaired) electrons. The molecule has 2 N–H and O–H groups in total. The molecule has 168 valence electrons. The van der Waals surface area contributed by atoms with Gasteiger partial charge in [-0.2, -0.15) is 0 Å². The van der Waals surface area contributed by atoms with Gasteiger partial charge in [0, 0.05) is 18.5 Å². The molecule has 2 aromatic carbocycles. The SMILES string of the molecule is CCOC(=O)c1ccc(NC(=O)CCc2nc3ncn(Cc4ccccc4)c(=O)c3[nH]2)cc1. The first-order valence-electron chi connectivity index (χ1n) is 10.6. The van der Waals surface area contributed by atoms with E-state index in [4.69, 9.17) is 4.74 Å². The summed E-state index contributed by atoms with van der Waals surface area (Å²) in [5.74, 6) is -0.106. The molecule has 4 aromatic rings. The van der Waals surface area contributed by atoms with E-state index in [1.54, 1.807) is 31.2 Å². The van der Waals surface area contributed by atoms with Gasteiger partial charge in [-0.05, 0) is 36.8 Å². The third kappa shape index (κ3) is 5.32. The lowest BCUT2D eigenvalue weighted by Gasteiger charge is -2.06. The highest BCUT2D eigenvalue weighted by atomic mass is 16.5. The molecular weight excluding hydrogens is 422 g/mol. The number of aryl methyl sites for hydroxylation is 1. The van der Waals surface area contributed by atoms with Crippen LogP contribution in [0.5, 0.6) is 0 Å². The van der Waals surface area contributed by atoms with Crippen molar-refractivity contribution in [3.8, 4) is 0 Å². The molecule has 0 saturated heterocycles. The van der Waals surface area contributed by atoms with Crippen LogP contribution in [-0.2, 0) is 22.5 Å². The van der Waals surface area contributed by atoms with Crippen LogP contribution in [0.2, 0.25) is 0 Å². The highest BCUT2D eigenvalue weighted by Crippen LogP contribution is 2.12.